The highest BCUT2D eigenvalue weighted by Crippen LogP contribution is 2.25. The van der Waals surface area contributed by atoms with E-state index in [1.807, 2.05) is 0 Å². The zero-order chi connectivity index (χ0) is 22.0. The molecule has 3 heterocycles. The molecule has 4 rings (SSSR count). The van der Waals surface area contributed by atoms with E-state index in [9.17, 15) is 18.0 Å². The molecular formula is C22H25N3O5S. The van der Waals surface area contributed by atoms with Gasteiger partial charge in [0.25, 0.3) is 5.56 Å². The number of hydrogen-bond donors (Lipinski definition) is 1. The first kappa shape index (κ1) is 21.3. The van der Waals surface area contributed by atoms with Crippen LogP contribution in [0.2, 0.25) is 0 Å². The highest BCUT2D eigenvalue weighted by Gasteiger charge is 2.28. The van der Waals surface area contributed by atoms with E-state index in [1.54, 1.807) is 30.3 Å². The third kappa shape index (κ3) is 4.57. The molecule has 1 aliphatic heterocycles. The molecule has 1 saturated heterocycles. The lowest BCUT2D eigenvalue weighted by Gasteiger charge is -2.29. The Kier molecular flexibility index (Phi) is 5.97. The van der Waals surface area contributed by atoms with Crippen molar-refractivity contribution < 1.29 is 17.6 Å². The Bertz CT molecular complexity index is 1240. The maximum absolute atomic E-state index is 13.0. The summed E-state index contributed by atoms with van der Waals surface area (Å²) in [4.78, 5) is 24.9. The number of hydrogen-bond acceptors (Lipinski definition) is 5. The predicted molar refractivity (Wildman–Crippen MR) is 116 cm³/mol. The minimum Gasteiger partial charge on any atom is -0.467 e. The number of sulfonamides is 1. The molecular weight excluding hydrogens is 418 g/mol. The molecule has 31 heavy (non-hydrogen) atoms. The summed E-state index contributed by atoms with van der Waals surface area (Å²) in [6.45, 7) is 3.20. The molecule has 1 aromatic carbocycles. The molecule has 3 aromatic rings. The van der Waals surface area contributed by atoms with Gasteiger partial charge in [-0.25, -0.2) is 8.42 Å². The molecule has 0 radical (unpaired) electrons. The smallest absolute Gasteiger partial charge is 0.251 e. The third-order valence-corrected chi connectivity index (χ3v) is 7.58. The molecule has 1 fully saturated rings. The molecule has 8 nitrogen and oxygen atoms in total. The number of fused-ring (bicyclic) bond motifs is 1. The maximum atomic E-state index is 13.0. The van der Waals surface area contributed by atoms with Gasteiger partial charge in [0.2, 0.25) is 15.9 Å². The second kappa shape index (κ2) is 8.68. The minimum absolute atomic E-state index is 0.174. The minimum atomic E-state index is -3.60. The molecule has 1 amide bonds. The topological polar surface area (TPSA) is 102 Å². The highest BCUT2D eigenvalue weighted by atomic mass is 32.2. The predicted octanol–water partition coefficient (Wildman–Crippen LogP) is 2.33. The Labute approximate surface area is 180 Å². The molecule has 0 bridgehead atoms. The van der Waals surface area contributed by atoms with Gasteiger partial charge in [-0.2, -0.15) is 4.31 Å². The van der Waals surface area contributed by atoms with Crippen LogP contribution < -0.4 is 10.9 Å². The van der Waals surface area contributed by atoms with E-state index in [0.29, 0.717) is 35.7 Å². The fraction of sp³-hybridized carbons (Fsp3) is 0.364. The van der Waals surface area contributed by atoms with Gasteiger partial charge >= 0.3 is 0 Å². The van der Waals surface area contributed by atoms with Crippen LogP contribution >= 0.6 is 0 Å². The van der Waals surface area contributed by atoms with Crippen LogP contribution in [0.3, 0.4) is 0 Å². The largest absolute Gasteiger partial charge is 0.467 e. The normalized spacial score (nSPS) is 15.9. The van der Waals surface area contributed by atoms with Crippen molar-refractivity contribution in [1.29, 1.82) is 0 Å². The number of furan rings is 1. The van der Waals surface area contributed by atoms with Crippen LogP contribution in [0.25, 0.3) is 10.9 Å². The number of benzene rings is 1. The van der Waals surface area contributed by atoms with Crippen molar-refractivity contribution in [2.75, 3.05) is 13.1 Å². The van der Waals surface area contributed by atoms with Gasteiger partial charge in [-0.3, -0.25) is 14.2 Å². The van der Waals surface area contributed by atoms with Gasteiger partial charge in [-0.05, 0) is 60.5 Å². The van der Waals surface area contributed by atoms with E-state index < -0.39 is 10.0 Å². The third-order valence-electron chi connectivity index (χ3n) is 5.68. The lowest BCUT2D eigenvalue weighted by Crippen LogP contribution is -2.37. The summed E-state index contributed by atoms with van der Waals surface area (Å²) in [7, 11) is -3.60. The number of pyridine rings is 1. The van der Waals surface area contributed by atoms with Gasteiger partial charge in [0.15, 0.2) is 0 Å². The van der Waals surface area contributed by atoms with Crippen LogP contribution in [0.5, 0.6) is 0 Å². The SMILES string of the molecule is CC1CCN(S(=O)(=O)c2ccc3c(ccc(=O)n3CC(=O)NCc3ccco3)c2)CC1. The Morgan fingerprint density at radius 3 is 2.65 bits per heavy atom. The van der Waals surface area contributed by atoms with Crippen molar-refractivity contribution in [3.05, 3.63) is 64.8 Å². The van der Waals surface area contributed by atoms with Crippen LogP contribution in [-0.2, 0) is 27.9 Å². The molecule has 0 atom stereocenters. The monoisotopic (exact) mass is 443 g/mol. The second-order valence-corrected chi connectivity index (χ2v) is 9.86. The molecule has 164 valence electrons. The summed E-state index contributed by atoms with van der Waals surface area (Å²) in [5.41, 5.74) is 0.174. The Hall–Kier alpha value is -2.91. The number of amides is 1. The molecule has 1 N–H and O–H groups in total. The Morgan fingerprint density at radius 2 is 1.94 bits per heavy atom. The first-order valence-electron chi connectivity index (χ1n) is 10.3. The molecule has 0 saturated carbocycles. The first-order valence-corrected chi connectivity index (χ1v) is 11.7. The fourth-order valence-corrected chi connectivity index (χ4v) is 5.28. The van der Waals surface area contributed by atoms with Crippen LogP contribution in [0.15, 0.2) is 62.8 Å². The van der Waals surface area contributed by atoms with Crippen LogP contribution in [0.4, 0.5) is 0 Å². The lowest BCUT2D eigenvalue weighted by atomic mass is 10.0. The molecule has 9 heteroatoms. The van der Waals surface area contributed by atoms with Crippen molar-refractivity contribution in [1.82, 2.24) is 14.2 Å². The summed E-state index contributed by atoms with van der Waals surface area (Å²) in [5, 5.41) is 3.30. The van der Waals surface area contributed by atoms with E-state index in [-0.39, 0.29) is 29.5 Å². The highest BCUT2D eigenvalue weighted by molar-refractivity contribution is 7.89. The van der Waals surface area contributed by atoms with Gasteiger partial charge in [-0.15, -0.1) is 0 Å². The number of carbonyl (C=O) groups excluding carboxylic acids is 1. The van der Waals surface area contributed by atoms with Gasteiger partial charge in [-0.1, -0.05) is 6.92 Å². The van der Waals surface area contributed by atoms with Gasteiger partial charge in [0.1, 0.15) is 12.3 Å². The average Bonchev–Trinajstić information content (AvgIpc) is 3.28. The molecule has 1 aliphatic rings. The molecule has 0 spiro atoms. The summed E-state index contributed by atoms with van der Waals surface area (Å²) in [6.07, 6.45) is 3.21. The van der Waals surface area contributed by atoms with Crippen LogP contribution in [0.1, 0.15) is 25.5 Å². The summed E-state index contributed by atoms with van der Waals surface area (Å²) < 4.78 is 34.1. The first-order chi connectivity index (χ1) is 14.8. The van der Waals surface area contributed by atoms with E-state index in [4.69, 9.17) is 4.42 Å². The number of rotatable bonds is 6. The van der Waals surface area contributed by atoms with Crippen molar-refractivity contribution in [2.24, 2.45) is 5.92 Å². The fourth-order valence-electron chi connectivity index (χ4n) is 3.78. The maximum Gasteiger partial charge on any atom is 0.251 e. The zero-order valence-electron chi connectivity index (χ0n) is 17.3. The van der Waals surface area contributed by atoms with Gasteiger partial charge in [0, 0.05) is 19.2 Å². The second-order valence-electron chi connectivity index (χ2n) is 7.92. The van der Waals surface area contributed by atoms with Crippen molar-refractivity contribution in [2.45, 2.75) is 37.8 Å². The Balaban J connectivity index is 1.57. The van der Waals surface area contributed by atoms with Gasteiger partial charge < -0.3 is 9.73 Å². The van der Waals surface area contributed by atoms with Crippen LogP contribution in [-0.4, -0.2) is 36.3 Å². The lowest BCUT2D eigenvalue weighted by molar-refractivity contribution is -0.121. The zero-order valence-corrected chi connectivity index (χ0v) is 18.1. The van der Waals surface area contributed by atoms with E-state index in [2.05, 4.69) is 12.2 Å². The van der Waals surface area contributed by atoms with Crippen molar-refractivity contribution >= 4 is 26.8 Å². The van der Waals surface area contributed by atoms with E-state index >= 15 is 0 Å². The Morgan fingerprint density at radius 1 is 1.16 bits per heavy atom. The molecule has 0 aliphatic carbocycles. The standard InChI is InChI=1S/C22H25N3O5S/c1-16-8-10-24(11-9-16)31(28,29)19-5-6-20-17(13-19)4-7-22(27)25(20)15-21(26)23-14-18-3-2-12-30-18/h2-7,12-13,16H,8-11,14-15H2,1H3,(H,23,26). The van der Waals surface area contributed by atoms with Crippen molar-refractivity contribution in [3.8, 4) is 0 Å². The quantitative estimate of drug-likeness (QED) is 0.630. The molecule has 2 aromatic heterocycles. The summed E-state index contributed by atoms with van der Waals surface area (Å²) in [5.74, 6) is 0.794. The number of piperidine rings is 1. The number of aromatic nitrogens is 1. The summed E-state index contributed by atoms with van der Waals surface area (Å²) >= 11 is 0. The number of nitrogens with zero attached hydrogens (tertiary/aromatic N) is 2. The van der Waals surface area contributed by atoms with Gasteiger partial charge in [0.05, 0.1) is 23.2 Å². The van der Waals surface area contributed by atoms with E-state index in [0.717, 1.165) is 12.8 Å². The summed E-state index contributed by atoms with van der Waals surface area (Å²) in [6, 6.07) is 11.1. The number of nitrogens with one attached hydrogen (secondary N) is 1. The van der Waals surface area contributed by atoms with Crippen LogP contribution in [0, 0.1) is 5.92 Å². The average molecular weight is 444 g/mol. The molecule has 0 unspecified atom stereocenters. The van der Waals surface area contributed by atoms with Crippen molar-refractivity contribution in [3.63, 3.8) is 0 Å². The van der Waals surface area contributed by atoms with E-state index in [1.165, 1.54) is 27.3 Å². The number of carbonyl (C=O) groups is 1.